The van der Waals surface area contributed by atoms with Crippen molar-refractivity contribution in [3.05, 3.63) is 29.8 Å². The number of benzene rings is 1. The lowest BCUT2D eigenvalue weighted by Crippen LogP contribution is -2.46. The molecule has 0 radical (unpaired) electrons. The minimum Gasteiger partial charge on any atom is -0.475 e. The van der Waals surface area contributed by atoms with E-state index in [4.69, 9.17) is 16.2 Å². The van der Waals surface area contributed by atoms with Crippen molar-refractivity contribution in [2.45, 2.75) is 25.1 Å². The molecule has 1 aliphatic heterocycles. The molecule has 1 heterocycles. The predicted molar refractivity (Wildman–Crippen MR) is 51.2 cm³/mol. The third-order valence-corrected chi connectivity index (χ3v) is 2.41. The molecule has 13 heavy (non-hydrogen) atoms. The molecular formula is C10H14N2O. The van der Waals surface area contributed by atoms with Crippen LogP contribution in [0.4, 0.5) is 0 Å². The van der Waals surface area contributed by atoms with Gasteiger partial charge < -0.3 is 10.5 Å². The largest absolute Gasteiger partial charge is 0.475 e. The van der Waals surface area contributed by atoms with Gasteiger partial charge in [0.15, 0.2) is 0 Å². The number of hydrogen-bond donors (Lipinski definition) is 2. The standard InChI is InChI=1S/C10H14N2O/c1-10(12)6-9(11)13-8-5-3-2-4-7(8)10/h2-5,9H,6,11-12H2,1H3. The molecule has 3 nitrogen and oxygen atoms in total. The molecule has 0 aromatic heterocycles. The number of rotatable bonds is 0. The minimum absolute atomic E-state index is 0.287. The van der Waals surface area contributed by atoms with Gasteiger partial charge in [0.1, 0.15) is 12.0 Å². The second-order valence-corrected chi connectivity index (χ2v) is 3.77. The first kappa shape index (κ1) is 8.53. The average Bonchev–Trinajstić information content (AvgIpc) is 2.02. The summed E-state index contributed by atoms with van der Waals surface area (Å²) in [6.07, 6.45) is 0.370. The van der Waals surface area contributed by atoms with Gasteiger partial charge in [-0.3, -0.25) is 5.73 Å². The summed E-state index contributed by atoms with van der Waals surface area (Å²) in [5, 5.41) is 0. The van der Waals surface area contributed by atoms with Gasteiger partial charge in [-0.2, -0.15) is 0 Å². The fraction of sp³-hybridized carbons (Fsp3) is 0.400. The molecule has 0 bridgehead atoms. The van der Waals surface area contributed by atoms with Crippen LogP contribution in [0.3, 0.4) is 0 Å². The monoisotopic (exact) mass is 178 g/mol. The number of fused-ring (bicyclic) bond motifs is 1. The Morgan fingerprint density at radius 1 is 1.46 bits per heavy atom. The quantitative estimate of drug-likeness (QED) is 0.621. The van der Waals surface area contributed by atoms with Crippen LogP contribution < -0.4 is 16.2 Å². The fourth-order valence-corrected chi connectivity index (χ4v) is 1.77. The zero-order valence-corrected chi connectivity index (χ0v) is 7.66. The van der Waals surface area contributed by atoms with Crippen LogP contribution >= 0.6 is 0 Å². The lowest BCUT2D eigenvalue weighted by molar-refractivity contribution is 0.136. The van der Waals surface area contributed by atoms with Crippen molar-refractivity contribution in [2.75, 3.05) is 0 Å². The van der Waals surface area contributed by atoms with E-state index in [2.05, 4.69) is 0 Å². The molecule has 4 N–H and O–H groups in total. The van der Waals surface area contributed by atoms with E-state index in [-0.39, 0.29) is 11.8 Å². The summed E-state index contributed by atoms with van der Waals surface area (Å²) in [5.74, 6) is 0.811. The Morgan fingerprint density at radius 3 is 2.92 bits per heavy atom. The normalized spacial score (nSPS) is 32.1. The van der Waals surface area contributed by atoms with E-state index in [1.54, 1.807) is 0 Å². The molecule has 0 aliphatic carbocycles. The summed E-state index contributed by atoms with van der Waals surface area (Å²) in [6.45, 7) is 1.98. The zero-order valence-electron chi connectivity index (χ0n) is 7.66. The summed E-state index contributed by atoms with van der Waals surface area (Å²) in [5.41, 5.74) is 12.5. The van der Waals surface area contributed by atoms with Gasteiger partial charge in [0.25, 0.3) is 0 Å². The van der Waals surface area contributed by atoms with E-state index < -0.39 is 0 Å². The highest BCUT2D eigenvalue weighted by Crippen LogP contribution is 2.35. The van der Waals surface area contributed by atoms with Crippen molar-refractivity contribution in [3.63, 3.8) is 0 Å². The zero-order chi connectivity index (χ0) is 9.47. The molecule has 0 amide bonds. The number of hydrogen-bond acceptors (Lipinski definition) is 3. The number of para-hydroxylation sites is 1. The van der Waals surface area contributed by atoms with Crippen LogP contribution in [-0.2, 0) is 5.54 Å². The average molecular weight is 178 g/mol. The lowest BCUT2D eigenvalue weighted by atomic mass is 9.86. The van der Waals surface area contributed by atoms with Gasteiger partial charge in [0.05, 0.1) is 0 Å². The Morgan fingerprint density at radius 2 is 2.15 bits per heavy atom. The first-order valence-corrected chi connectivity index (χ1v) is 4.40. The van der Waals surface area contributed by atoms with E-state index >= 15 is 0 Å². The van der Waals surface area contributed by atoms with Crippen LogP contribution in [0.1, 0.15) is 18.9 Å². The summed E-state index contributed by atoms with van der Waals surface area (Å²) in [4.78, 5) is 0. The van der Waals surface area contributed by atoms with Crippen molar-refractivity contribution in [3.8, 4) is 5.75 Å². The topological polar surface area (TPSA) is 61.3 Å². The van der Waals surface area contributed by atoms with Crippen LogP contribution in [0.15, 0.2) is 24.3 Å². The van der Waals surface area contributed by atoms with E-state index in [0.29, 0.717) is 6.42 Å². The summed E-state index contributed by atoms with van der Waals surface area (Å²) in [7, 11) is 0. The fourth-order valence-electron chi connectivity index (χ4n) is 1.77. The molecule has 2 rings (SSSR count). The van der Waals surface area contributed by atoms with Crippen molar-refractivity contribution >= 4 is 0 Å². The van der Waals surface area contributed by atoms with Gasteiger partial charge in [0.2, 0.25) is 0 Å². The van der Waals surface area contributed by atoms with Crippen LogP contribution in [0, 0.1) is 0 Å². The lowest BCUT2D eigenvalue weighted by Gasteiger charge is -2.35. The molecule has 0 fully saturated rings. The predicted octanol–water partition coefficient (Wildman–Crippen LogP) is 0.928. The highest BCUT2D eigenvalue weighted by atomic mass is 16.5. The van der Waals surface area contributed by atoms with E-state index in [9.17, 15) is 0 Å². The smallest absolute Gasteiger partial charge is 0.149 e. The Labute approximate surface area is 77.7 Å². The molecular weight excluding hydrogens is 164 g/mol. The molecule has 70 valence electrons. The highest BCUT2D eigenvalue weighted by molar-refractivity contribution is 5.40. The molecule has 0 saturated carbocycles. The second-order valence-electron chi connectivity index (χ2n) is 3.77. The van der Waals surface area contributed by atoms with Crippen LogP contribution in [-0.4, -0.2) is 6.23 Å². The molecule has 0 spiro atoms. The molecule has 0 saturated heterocycles. The molecule has 2 atom stereocenters. The number of ether oxygens (including phenoxy) is 1. The van der Waals surface area contributed by atoms with Crippen LogP contribution in [0.25, 0.3) is 0 Å². The Hall–Kier alpha value is -1.06. The summed E-state index contributed by atoms with van der Waals surface area (Å²) in [6, 6.07) is 7.78. The Bertz CT molecular complexity index is 322. The van der Waals surface area contributed by atoms with Crippen molar-refractivity contribution < 1.29 is 4.74 Å². The maximum absolute atomic E-state index is 6.12. The molecule has 1 aromatic carbocycles. The summed E-state index contributed by atoms with van der Waals surface area (Å²) >= 11 is 0. The second kappa shape index (κ2) is 2.72. The van der Waals surface area contributed by atoms with E-state index in [1.165, 1.54) is 0 Å². The Kier molecular flexibility index (Phi) is 1.78. The first-order valence-electron chi connectivity index (χ1n) is 4.40. The maximum atomic E-state index is 6.12. The van der Waals surface area contributed by atoms with Gasteiger partial charge in [-0.05, 0) is 13.0 Å². The van der Waals surface area contributed by atoms with Gasteiger partial charge in [-0.25, -0.2) is 0 Å². The third kappa shape index (κ3) is 1.41. The number of nitrogens with two attached hydrogens (primary N) is 2. The third-order valence-electron chi connectivity index (χ3n) is 2.41. The molecule has 1 aromatic rings. The van der Waals surface area contributed by atoms with Gasteiger partial charge in [-0.1, -0.05) is 18.2 Å². The van der Waals surface area contributed by atoms with Crippen LogP contribution in [0.5, 0.6) is 5.75 Å². The SMILES string of the molecule is CC1(N)CC(N)Oc2ccccc21. The van der Waals surface area contributed by atoms with Crippen molar-refractivity contribution in [1.29, 1.82) is 0 Å². The van der Waals surface area contributed by atoms with Crippen LogP contribution in [0.2, 0.25) is 0 Å². The minimum atomic E-state index is -0.367. The molecule has 2 unspecified atom stereocenters. The van der Waals surface area contributed by atoms with Gasteiger partial charge in [-0.15, -0.1) is 0 Å². The van der Waals surface area contributed by atoms with Gasteiger partial charge >= 0.3 is 0 Å². The highest BCUT2D eigenvalue weighted by Gasteiger charge is 2.32. The summed E-state index contributed by atoms with van der Waals surface area (Å²) < 4.78 is 5.47. The van der Waals surface area contributed by atoms with Gasteiger partial charge in [0, 0.05) is 17.5 Å². The molecule has 1 aliphatic rings. The van der Waals surface area contributed by atoms with Crippen molar-refractivity contribution in [2.24, 2.45) is 11.5 Å². The maximum Gasteiger partial charge on any atom is 0.149 e. The van der Waals surface area contributed by atoms with Crippen molar-refractivity contribution in [1.82, 2.24) is 0 Å². The molecule has 3 heteroatoms. The van der Waals surface area contributed by atoms with E-state index in [0.717, 1.165) is 11.3 Å². The first-order chi connectivity index (χ1) is 6.09. The van der Waals surface area contributed by atoms with E-state index in [1.807, 2.05) is 31.2 Å². The Balaban J connectivity index is 2.50.